The minimum atomic E-state index is -0.715. The maximum atomic E-state index is 12.9. The van der Waals surface area contributed by atoms with E-state index in [4.69, 9.17) is 9.47 Å². The van der Waals surface area contributed by atoms with Gasteiger partial charge in [0.1, 0.15) is 11.9 Å². The summed E-state index contributed by atoms with van der Waals surface area (Å²) in [5, 5.41) is 11.0. The van der Waals surface area contributed by atoms with Crippen LogP contribution in [-0.2, 0) is 4.74 Å². The minimum absolute atomic E-state index is 0.0338. The van der Waals surface area contributed by atoms with Gasteiger partial charge in [0.2, 0.25) is 0 Å². The number of esters is 1. The molecule has 0 radical (unpaired) electrons. The smallest absolute Gasteiger partial charge is 0.338 e. The van der Waals surface area contributed by atoms with Crippen molar-refractivity contribution in [1.82, 2.24) is 0 Å². The Hall–Kier alpha value is -2.96. The average Bonchev–Trinajstić information content (AvgIpc) is 2.54. The number of carbonyl (C=O) groups is 1. The molecule has 120 valence electrons. The molecule has 7 heteroatoms. The molecule has 6 nitrogen and oxygen atoms in total. The van der Waals surface area contributed by atoms with Gasteiger partial charge < -0.3 is 9.47 Å². The van der Waals surface area contributed by atoms with E-state index in [2.05, 4.69) is 0 Å². The first-order valence-electron chi connectivity index (χ1n) is 6.71. The zero-order chi connectivity index (χ0) is 17.0. The summed E-state index contributed by atoms with van der Waals surface area (Å²) in [7, 11) is 1.30. The topological polar surface area (TPSA) is 78.7 Å². The van der Waals surface area contributed by atoms with E-state index in [1.54, 1.807) is 6.92 Å². The molecule has 0 bridgehead atoms. The molecule has 23 heavy (non-hydrogen) atoms. The summed E-state index contributed by atoms with van der Waals surface area (Å²) < 4.78 is 23.0. The molecule has 0 N–H and O–H groups in total. The molecule has 0 spiro atoms. The van der Waals surface area contributed by atoms with E-state index in [0.717, 1.165) is 6.07 Å². The Labute approximate surface area is 131 Å². The Kier molecular flexibility index (Phi) is 4.90. The first kappa shape index (κ1) is 16.4. The first-order chi connectivity index (χ1) is 10.9. The molecule has 0 aliphatic carbocycles. The van der Waals surface area contributed by atoms with Crippen LogP contribution in [0.15, 0.2) is 42.5 Å². The lowest BCUT2D eigenvalue weighted by atomic mass is 10.1. The van der Waals surface area contributed by atoms with Crippen LogP contribution in [0.1, 0.15) is 28.9 Å². The van der Waals surface area contributed by atoms with Gasteiger partial charge in [0.05, 0.1) is 17.6 Å². The Balaban J connectivity index is 2.18. The van der Waals surface area contributed by atoms with Crippen molar-refractivity contribution in [1.29, 1.82) is 0 Å². The van der Waals surface area contributed by atoms with E-state index in [1.807, 2.05) is 0 Å². The number of methoxy groups -OCH3 is 1. The van der Waals surface area contributed by atoms with Crippen molar-refractivity contribution in [2.75, 3.05) is 7.11 Å². The maximum absolute atomic E-state index is 12.9. The Morgan fingerprint density at radius 2 is 1.87 bits per heavy atom. The normalized spacial score (nSPS) is 11.6. The van der Waals surface area contributed by atoms with Crippen LogP contribution in [-0.4, -0.2) is 18.0 Å². The minimum Gasteiger partial charge on any atom is -0.490 e. The highest BCUT2D eigenvalue weighted by atomic mass is 19.1. The van der Waals surface area contributed by atoms with Crippen molar-refractivity contribution in [2.24, 2.45) is 0 Å². The lowest BCUT2D eigenvalue weighted by Gasteiger charge is -2.14. The molecule has 2 aromatic rings. The molecule has 0 fully saturated rings. The zero-order valence-corrected chi connectivity index (χ0v) is 12.5. The van der Waals surface area contributed by atoms with Crippen molar-refractivity contribution in [3.05, 3.63) is 69.5 Å². The number of nitro benzene ring substituents is 1. The van der Waals surface area contributed by atoms with E-state index in [-0.39, 0.29) is 17.0 Å². The average molecular weight is 319 g/mol. The Morgan fingerprint density at radius 1 is 1.22 bits per heavy atom. The molecule has 0 amide bonds. The van der Waals surface area contributed by atoms with Gasteiger partial charge in [-0.1, -0.05) is 12.1 Å². The van der Waals surface area contributed by atoms with Crippen LogP contribution in [0.4, 0.5) is 10.1 Å². The third-order valence-electron chi connectivity index (χ3n) is 3.23. The highest BCUT2D eigenvalue weighted by molar-refractivity contribution is 5.90. The molecule has 0 aliphatic rings. The van der Waals surface area contributed by atoms with Crippen molar-refractivity contribution in [2.45, 2.75) is 13.0 Å². The summed E-state index contributed by atoms with van der Waals surface area (Å²) in [5.41, 5.74) is 0.325. The number of ether oxygens (including phenoxy) is 2. The van der Waals surface area contributed by atoms with Gasteiger partial charge in [0.25, 0.3) is 0 Å². The maximum Gasteiger partial charge on any atom is 0.338 e. The number of halogens is 1. The van der Waals surface area contributed by atoms with Gasteiger partial charge >= 0.3 is 11.7 Å². The molecule has 0 aromatic heterocycles. The summed E-state index contributed by atoms with van der Waals surface area (Å²) in [6, 6.07) is 9.34. The molecule has 1 atom stereocenters. The number of nitrogens with zero attached hydrogens (tertiary/aromatic N) is 1. The summed E-state index contributed by atoms with van der Waals surface area (Å²) in [5.74, 6) is -1.05. The quantitative estimate of drug-likeness (QED) is 0.477. The number of carbonyl (C=O) groups excluding carboxylic acids is 1. The van der Waals surface area contributed by atoms with Crippen LogP contribution in [0.5, 0.6) is 5.75 Å². The van der Waals surface area contributed by atoms with E-state index in [0.29, 0.717) is 5.56 Å². The lowest BCUT2D eigenvalue weighted by molar-refractivity contribution is -0.385. The van der Waals surface area contributed by atoms with Crippen LogP contribution in [0.25, 0.3) is 0 Å². The van der Waals surface area contributed by atoms with E-state index in [9.17, 15) is 19.3 Å². The fourth-order valence-corrected chi connectivity index (χ4v) is 1.99. The zero-order valence-electron chi connectivity index (χ0n) is 12.5. The Morgan fingerprint density at radius 3 is 2.43 bits per heavy atom. The SMILES string of the molecule is COc1ccc(C(=O)O[C@H](C)c2ccc(F)cc2)cc1[N+](=O)[O-]. The molecule has 0 heterocycles. The van der Waals surface area contributed by atoms with E-state index >= 15 is 0 Å². The van der Waals surface area contributed by atoms with E-state index in [1.165, 1.54) is 43.5 Å². The monoisotopic (exact) mass is 319 g/mol. The lowest BCUT2D eigenvalue weighted by Crippen LogP contribution is -2.10. The third kappa shape index (κ3) is 3.82. The molecule has 0 aliphatic heterocycles. The van der Waals surface area contributed by atoms with Crippen LogP contribution >= 0.6 is 0 Å². The predicted octanol–water partition coefficient (Wildman–Crippen LogP) is 3.66. The van der Waals surface area contributed by atoms with Crippen LogP contribution in [0.3, 0.4) is 0 Å². The van der Waals surface area contributed by atoms with E-state index < -0.39 is 22.8 Å². The molecule has 0 unspecified atom stereocenters. The second-order valence-corrected chi connectivity index (χ2v) is 4.74. The number of benzene rings is 2. The summed E-state index contributed by atoms with van der Waals surface area (Å²) in [6.07, 6.45) is -0.621. The second-order valence-electron chi connectivity index (χ2n) is 4.74. The molecular formula is C16H14FNO5. The fraction of sp³-hybridized carbons (Fsp3) is 0.188. The summed E-state index contributed by atoms with van der Waals surface area (Å²) in [6.45, 7) is 1.63. The van der Waals surface area contributed by atoms with Gasteiger partial charge in [0, 0.05) is 6.07 Å². The summed E-state index contributed by atoms with van der Waals surface area (Å²) in [4.78, 5) is 22.4. The number of hydrogen-bond donors (Lipinski definition) is 0. The highest BCUT2D eigenvalue weighted by Crippen LogP contribution is 2.28. The second kappa shape index (κ2) is 6.87. The van der Waals surface area contributed by atoms with Gasteiger partial charge in [-0.15, -0.1) is 0 Å². The number of rotatable bonds is 5. The molecule has 2 aromatic carbocycles. The first-order valence-corrected chi connectivity index (χ1v) is 6.71. The van der Waals surface area contributed by atoms with Gasteiger partial charge in [-0.2, -0.15) is 0 Å². The fourth-order valence-electron chi connectivity index (χ4n) is 1.99. The number of hydrogen-bond acceptors (Lipinski definition) is 5. The molecule has 2 rings (SSSR count). The van der Waals surface area contributed by atoms with Gasteiger partial charge in [-0.25, -0.2) is 9.18 Å². The largest absolute Gasteiger partial charge is 0.490 e. The Bertz CT molecular complexity index is 730. The highest BCUT2D eigenvalue weighted by Gasteiger charge is 2.20. The van der Waals surface area contributed by atoms with Crippen molar-refractivity contribution in [3.63, 3.8) is 0 Å². The van der Waals surface area contributed by atoms with Crippen molar-refractivity contribution in [3.8, 4) is 5.75 Å². The molecule has 0 saturated heterocycles. The molecule has 0 saturated carbocycles. The standard InChI is InChI=1S/C16H14FNO5/c1-10(11-3-6-13(17)7-4-11)23-16(19)12-5-8-15(22-2)14(9-12)18(20)21/h3-10H,1-2H3/t10-/m1/s1. The van der Waals surface area contributed by atoms with Crippen molar-refractivity contribution >= 4 is 11.7 Å². The van der Waals surface area contributed by atoms with Gasteiger partial charge in [0.15, 0.2) is 5.75 Å². The van der Waals surface area contributed by atoms with Crippen molar-refractivity contribution < 1.29 is 23.6 Å². The van der Waals surface area contributed by atoms with Gasteiger partial charge in [-0.3, -0.25) is 10.1 Å². The third-order valence-corrected chi connectivity index (χ3v) is 3.23. The predicted molar refractivity (Wildman–Crippen MR) is 79.9 cm³/mol. The molecular weight excluding hydrogens is 305 g/mol. The van der Waals surface area contributed by atoms with Crippen LogP contribution in [0, 0.1) is 15.9 Å². The van der Waals surface area contributed by atoms with Crippen LogP contribution in [0.2, 0.25) is 0 Å². The van der Waals surface area contributed by atoms with Crippen LogP contribution < -0.4 is 4.74 Å². The number of nitro groups is 1. The summed E-state index contributed by atoms with van der Waals surface area (Å²) >= 11 is 0. The van der Waals surface area contributed by atoms with Gasteiger partial charge in [-0.05, 0) is 36.8 Å².